The first-order chi connectivity index (χ1) is 14.6. The van der Waals surface area contributed by atoms with E-state index in [1.165, 1.54) is 11.1 Å². The van der Waals surface area contributed by atoms with Crippen LogP contribution in [-0.2, 0) is 11.3 Å². The number of nitrogens with zero attached hydrogens (tertiary/aromatic N) is 3. The van der Waals surface area contributed by atoms with E-state index in [4.69, 9.17) is 9.90 Å². The van der Waals surface area contributed by atoms with Gasteiger partial charge < -0.3 is 15.3 Å². The Hall–Kier alpha value is -2.66. The number of carbonyl (C=O) groups excluding carboxylic acids is 1. The number of aliphatic carboxylic acids is 1. The zero-order valence-corrected chi connectivity index (χ0v) is 17.8. The molecule has 2 amide bonds. The molecule has 1 aliphatic carbocycles. The molecule has 2 heterocycles. The Balaban J connectivity index is 0.000000339. The first-order valence-corrected chi connectivity index (χ1v) is 10.4. The van der Waals surface area contributed by atoms with Crippen LogP contribution in [0.1, 0.15) is 28.1 Å². The molecular weight excluding hydrogens is 433 g/mol. The average Bonchev–Trinajstić information content (AvgIpc) is 3.40. The monoisotopic (exact) mass is 456 g/mol. The van der Waals surface area contributed by atoms with E-state index < -0.39 is 12.1 Å². The van der Waals surface area contributed by atoms with Gasteiger partial charge in [-0.05, 0) is 11.1 Å². The lowest BCUT2D eigenvalue weighted by atomic mass is 9.94. The second kappa shape index (κ2) is 9.23. The summed E-state index contributed by atoms with van der Waals surface area (Å²) in [6.45, 7) is 2.94. The zero-order valence-electron chi connectivity index (χ0n) is 17.0. The quantitative estimate of drug-likeness (QED) is 0.740. The van der Waals surface area contributed by atoms with Gasteiger partial charge in [0.05, 0.1) is 12.6 Å². The van der Waals surface area contributed by atoms with E-state index in [1.807, 2.05) is 11.6 Å². The molecule has 11 heteroatoms. The van der Waals surface area contributed by atoms with Crippen LogP contribution in [0, 0.1) is 5.92 Å². The molecule has 31 heavy (non-hydrogen) atoms. The molecular formula is C20H23F3N4O3S. The Labute approximate surface area is 181 Å². The molecule has 1 aliphatic heterocycles. The fourth-order valence-electron chi connectivity index (χ4n) is 4.04. The van der Waals surface area contributed by atoms with Crippen molar-refractivity contribution in [2.24, 2.45) is 5.92 Å². The first-order valence-electron chi connectivity index (χ1n) is 9.55. The molecule has 1 aromatic carbocycles. The number of aromatic nitrogens is 1. The van der Waals surface area contributed by atoms with Gasteiger partial charge in [0.1, 0.15) is 5.01 Å². The van der Waals surface area contributed by atoms with Crippen LogP contribution in [0.5, 0.6) is 0 Å². The lowest BCUT2D eigenvalue weighted by molar-refractivity contribution is -0.192. The number of hydrogen-bond donors (Lipinski definition) is 2. The number of amides is 2. The van der Waals surface area contributed by atoms with E-state index in [0.717, 1.165) is 24.6 Å². The number of likely N-dealkylation sites (tertiary alicyclic amines) is 1. The van der Waals surface area contributed by atoms with Crippen LogP contribution in [0.2, 0.25) is 0 Å². The lowest BCUT2D eigenvalue weighted by Gasteiger charge is -2.24. The molecule has 1 aromatic heterocycles. The Morgan fingerprint density at radius 3 is 2.45 bits per heavy atom. The molecule has 3 atom stereocenters. The number of carbonyl (C=O) groups is 2. The van der Waals surface area contributed by atoms with E-state index in [-0.39, 0.29) is 12.1 Å². The van der Waals surface area contributed by atoms with Crippen LogP contribution in [0.4, 0.5) is 18.0 Å². The second-order valence-electron chi connectivity index (χ2n) is 7.64. The second-order valence-corrected chi connectivity index (χ2v) is 8.62. The summed E-state index contributed by atoms with van der Waals surface area (Å²) in [7, 11) is 3.58. The molecule has 2 N–H and O–H groups in total. The van der Waals surface area contributed by atoms with Gasteiger partial charge in [0, 0.05) is 50.6 Å². The molecule has 2 aromatic rings. The summed E-state index contributed by atoms with van der Waals surface area (Å²) >= 11 is 1.71. The van der Waals surface area contributed by atoms with Gasteiger partial charge in [-0.1, -0.05) is 24.3 Å². The number of rotatable bonds is 3. The van der Waals surface area contributed by atoms with Crippen LogP contribution < -0.4 is 5.32 Å². The van der Waals surface area contributed by atoms with Crippen molar-refractivity contribution in [2.75, 3.05) is 27.2 Å². The maximum absolute atomic E-state index is 12.2. The van der Waals surface area contributed by atoms with Gasteiger partial charge in [-0.25, -0.2) is 14.6 Å². The van der Waals surface area contributed by atoms with Crippen molar-refractivity contribution in [3.63, 3.8) is 0 Å². The summed E-state index contributed by atoms with van der Waals surface area (Å²) in [4.78, 5) is 29.6. The van der Waals surface area contributed by atoms with Crippen molar-refractivity contribution in [3.8, 4) is 0 Å². The molecule has 2 aliphatic rings. The molecule has 4 rings (SSSR count). The van der Waals surface area contributed by atoms with Gasteiger partial charge >= 0.3 is 18.2 Å². The van der Waals surface area contributed by atoms with E-state index in [9.17, 15) is 18.0 Å². The summed E-state index contributed by atoms with van der Waals surface area (Å²) in [5.41, 5.74) is 2.68. The fourth-order valence-corrected chi connectivity index (χ4v) is 4.70. The summed E-state index contributed by atoms with van der Waals surface area (Å²) in [6.07, 6.45) is -3.22. The number of halogens is 3. The van der Waals surface area contributed by atoms with Gasteiger partial charge in [-0.3, -0.25) is 4.90 Å². The van der Waals surface area contributed by atoms with Crippen molar-refractivity contribution < 1.29 is 27.9 Å². The number of urea groups is 1. The maximum atomic E-state index is 12.2. The van der Waals surface area contributed by atoms with Crippen LogP contribution in [-0.4, -0.2) is 65.3 Å². The Kier molecular flexibility index (Phi) is 6.85. The number of alkyl halides is 3. The highest BCUT2D eigenvalue weighted by molar-refractivity contribution is 7.09. The number of carboxylic acid groups (broad SMARTS) is 1. The lowest BCUT2D eigenvalue weighted by Crippen LogP contribution is -2.39. The zero-order chi connectivity index (χ0) is 22.8. The summed E-state index contributed by atoms with van der Waals surface area (Å²) < 4.78 is 31.7. The minimum absolute atomic E-state index is 0.0196. The van der Waals surface area contributed by atoms with Gasteiger partial charge in [0.25, 0.3) is 0 Å². The number of hydrogen-bond acceptors (Lipinski definition) is 5. The Morgan fingerprint density at radius 1 is 1.26 bits per heavy atom. The number of fused-ring (bicyclic) bond motifs is 3. The predicted molar refractivity (Wildman–Crippen MR) is 109 cm³/mol. The van der Waals surface area contributed by atoms with E-state index >= 15 is 0 Å². The van der Waals surface area contributed by atoms with Gasteiger partial charge in [-0.15, -0.1) is 11.3 Å². The van der Waals surface area contributed by atoms with Crippen LogP contribution in [0.3, 0.4) is 0 Å². The maximum Gasteiger partial charge on any atom is 0.490 e. The highest BCUT2D eigenvalue weighted by atomic mass is 32.1. The molecule has 0 unspecified atom stereocenters. The summed E-state index contributed by atoms with van der Waals surface area (Å²) in [5, 5.41) is 13.6. The largest absolute Gasteiger partial charge is 0.490 e. The van der Waals surface area contributed by atoms with E-state index in [1.54, 1.807) is 30.3 Å². The smallest absolute Gasteiger partial charge is 0.475 e. The average molecular weight is 456 g/mol. The summed E-state index contributed by atoms with van der Waals surface area (Å²) in [6, 6.07) is 8.65. The third-order valence-electron chi connectivity index (χ3n) is 5.37. The van der Waals surface area contributed by atoms with Crippen LogP contribution in [0.15, 0.2) is 35.8 Å². The topological polar surface area (TPSA) is 85.8 Å². The molecule has 0 saturated carbocycles. The minimum Gasteiger partial charge on any atom is -0.475 e. The molecule has 7 nitrogen and oxygen atoms in total. The van der Waals surface area contributed by atoms with Crippen LogP contribution in [0.25, 0.3) is 0 Å². The van der Waals surface area contributed by atoms with E-state index in [0.29, 0.717) is 11.8 Å². The SMILES string of the molecule is CN(C)C(=O)N[C@H]1c2ccccc2[C@@H]2CN(Cc3nccs3)C[C@@H]21.O=C(O)C(F)(F)F. The molecule has 1 fully saturated rings. The van der Waals surface area contributed by atoms with Crippen molar-refractivity contribution in [1.29, 1.82) is 0 Å². The third kappa shape index (κ3) is 5.34. The van der Waals surface area contributed by atoms with Gasteiger partial charge in [0.2, 0.25) is 0 Å². The summed E-state index contributed by atoms with van der Waals surface area (Å²) in [5.74, 6) is -1.83. The van der Waals surface area contributed by atoms with E-state index in [2.05, 4.69) is 39.5 Å². The van der Waals surface area contributed by atoms with Gasteiger partial charge in [0.15, 0.2) is 0 Å². The molecule has 0 spiro atoms. The normalized spacial score (nSPS) is 22.2. The number of thiazole rings is 1. The highest BCUT2D eigenvalue weighted by Gasteiger charge is 2.46. The van der Waals surface area contributed by atoms with Crippen molar-refractivity contribution in [1.82, 2.24) is 20.1 Å². The first kappa shape index (κ1) is 23.0. The van der Waals surface area contributed by atoms with Gasteiger partial charge in [-0.2, -0.15) is 13.2 Å². The Bertz CT molecular complexity index is 921. The van der Waals surface area contributed by atoms with Crippen molar-refractivity contribution in [2.45, 2.75) is 24.7 Å². The molecule has 0 bridgehead atoms. The fraction of sp³-hybridized carbons (Fsp3) is 0.450. The number of carboxylic acids is 1. The van der Waals surface area contributed by atoms with Crippen molar-refractivity contribution >= 4 is 23.3 Å². The Morgan fingerprint density at radius 2 is 1.90 bits per heavy atom. The van der Waals surface area contributed by atoms with Crippen molar-refractivity contribution in [3.05, 3.63) is 52.0 Å². The molecule has 1 saturated heterocycles. The predicted octanol–water partition coefficient (Wildman–Crippen LogP) is 3.32. The molecule has 168 valence electrons. The molecule has 0 radical (unpaired) electrons. The standard InChI is InChI=1S/C18H22N4OS.C2HF3O2/c1-21(2)18(23)20-17-13-6-4-3-5-12(13)14-9-22(10-15(14)17)11-16-19-7-8-24-16;3-2(4,5)1(6)7/h3-8,14-15,17H,9-11H2,1-2H3,(H,20,23);(H,6,7)/t14-,15-,17-;/m0./s1. The van der Waals surface area contributed by atoms with Crippen LogP contribution >= 0.6 is 11.3 Å². The number of nitrogens with one attached hydrogen (secondary N) is 1. The number of benzene rings is 1. The highest BCUT2D eigenvalue weighted by Crippen LogP contribution is 2.49. The minimum atomic E-state index is -5.08. The third-order valence-corrected chi connectivity index (χ3v) is 6.13.